The van der Waals surface area contributed by atoms with Gasteiger partial charge in [0.15, 0.2) is 0 Å². The number of ether oxygens (including phenoxy) is 1. The van der Waals surface area contributed by atoms with Gasteiger partial charge < -0.3 is 4.74 Å². The van der Waals surface area contributed by atoms with E-state index >= 15 is 0 Å². The van der Waals surface area contributed by atoms with Gasteiger partial charge in [-0.2, -0.15) is 0 Å². The van der Waals surface area contributed by atoms with E-state index in [4.69, 9.17) is 10.6 Å². The van der Waals surface area contributed by atoms with E-state index in [2.05, 4.69) is 25.3 Å². The zero-order chi connectivity index (χ0) is 10.6. The van der Waals surface area contributed by atoms with Crippen LogP contribution in [-0.2, 0) is 6.54 Å². The third-order valence-electron chi connectivity index (χ3n) is 2.22. The predicted molar refractivity (Wildman–Crippen MR) is 58.1 cm³/mol. The molecular weight excluding hydrogens is 176 g/mol. The highest BCUT2D eigenvalue weighted by Gasteiger charge is 2.07. The minimum absolute atomic E-state index is 0.461. The van der Waals surface area contributed by atoms with Crippen molar-refractivity contribution in [2.24, 2.45) is 5.84 Å². The molecule has 0 radical (unpaired) electrons. The Hall–Kier alpha value is -1.06. The number of nitrogens with one attached hydrogen (secondary N) is 1. The smallest absolute Gasteiger partial charge is 0.122 e. The van der Waals surface area contributed by atoms with E-state index in [1.54, 1.807) is 7.11 Å². The fourth-order valence-electron chi connectivity index (χ4n) is 1.46. The quantitative estimate of drug-likeness (QED) is 0.567. The Bertz CT molecular complexity index is 297. The molecule has 0 fully saturated rings. The van der Waals surface area contributed by atoms with Crippen molar-refractivity contribution in [3.8, 4) is 5.75 Å². The zero-order valence-electron chi connectivity index (χ0n) is 9.00. The second-order valence-corrected chi connectivity index (χ2v) is 3.61. The van der Waals surface area contributed by atoms with E-state index in [1.807, 2.05) is 12.1 Å². The summed E-state index contributed by atoms with van der Waals surface area (Å²) in [6, 6.07) is 6.13. The molecule has 3 heteroatoms. The van der Waals surface area contributed by atoms with E-state index in [0.29, 0.717) is 12.5 Å². The average Bonchev–Trinajstić information content (AvgIpc) is 2.18. The van der Waals surface area contributed by atoms with Gasteiger partial charge >= 0.3 is 0 Å². The van der Waals surface area contributed by atoms with Gasteiger partial charge in [-0.25, -0.2) is 0 Å². The van der Waals surface area contributed by atoms with Crippen LogP contribution in [0, 0.1) is 0 Å². The number of hydrogen-bond acceptors (Lipinski definition) is 3. The Morgan fingerprint density at radius 2 is 2.14 bits per heavy atom. The number of rotatable bonds is 4. The Morgan fingerprint density at radius 3 is 2.64 bits per heavy atom. The molecule has 0 aliphatic carbocycles. The van der Waals surface area contributed by atoms with Gasteiger partial charge in [0.05, 0.1) is 7.11 Å². The lowest BCUT2D eigenvalue weighted by molar-refractivity contribution is 0.407. The molecule has 0 aromatic heterocycles. The lowest BCUT2D eigenvalue weighted by Gasteiger charge is -2.13. The maximum Gasteiger partial charge on any atom is 0.122 e. The van der Waals surface area contributed by atoms with Crippen LogP contribution in [0.2, 0.25) is 0 Å². The van der Waals surface area contributed by atoms with Crippen LogP contribution in [0.5, 0.6) is 5.75 Å². The number of methoxy groups -OCH3 is 1. The molecule has 0 aliphatic rings. The molecule has 1 rings (SSSR count). The van der Waals surface area contributed by atoms with Gasteiger partial charge in [-0.15, -0.1) is 0 Å². The highest BCUT2D eigenvalue weighted by atomic mass is 16.5. The molecule has 0 spiro atoms. The van der Waals surface area contributed by atoms with Crippen LogP contribution in [0.15, 0.2) is 18.2 Å². The molecular formula is C11H18N2O. The molecule has 0 saturated carbocycles. The van der Waals surface area contributed by atoms with Gasteiger partial charge in [0.1, 0.15) is 5.75 Å². The summed E-state index contributed by atoms with van der Waals surface area (Å²) >= 11 is 0. The zero-order valence-corrected chi connectivity index (χ0v) is 9.00. The van der Waals surface area contributed by atoms with Crippen molar-refractivity contribution in [3.63, 3.8) is 0 Å². The molecule has 14 heavy (non-hydrogen) atoms. The average molecular weight is 194 g/mol. The van der Waals surface area contributed by atoms with Crippen molar-refractivity contribution in [1.29, 1.82) is 0 Å². The van der Waals surface area contributed by atoms with Crippen LogP contribution in [-0.4, -0.2) is 7.11 Å². The van der Waals surface area contributed by atoms with Crippen LogP contribution in [0.25, 0.3) is 0 Å². The molecule has 3 N–H and O–H groups in total. The number of benzene rings is 1. The van der Waals surface area contributed by atoms with Crippen molar-refractivity contribution in [2.75, 3.05) is 7.11 Å². The van der Waals surface area contributed by atoms with E-state index < -0.39 is 0 Å². The standard InChI is InChI=1S/C11H18N2O/c1-8(2)10-6-9(7-13-12)4-5-11(10)14-3/h4-6,8,13H,7,12H2,1-3H3. The molecule has 0 bridgehead atoms. The molecule has 1 aromatic carbocycles. The third-order valence-corrected chi connectivity index (χ3v) is 2.22. The van der Waals surface area contributed by atoms with Gasteiger partial charge in [0, 0.05) is 6.54 Å². The molecule has 0 saturated heterocycles. The van der Waals surface area contributed by atoms with Crippen LogP contribution in [0.4, 0.5) is 0 Å². The molecule has 0 heterocycles. The number of hydrogen-bond donors (Lipinski definition) is 2. The molecule has 1 aromatic rings. The summed E-state index contributed by atoms with van der Waals surface area (Å²) in [4.78, 5) is 0. The van der Waals surface area contributed by atoms with Crippen molar-refractivity contribution in [2.45, 2.75) is 26.3 Å². The molecule has 0 amide bonds. The molecule has 0 unspecified atom stereocenters. The van der Waals surface area contributed by atoms with Crippen LogP contribution < -0.4 is 16.0 Å². The first-order chi connectivity index (χ1) is 6.69. The minimum Gasteiger partial charge on any atom is -0.496 e. The fraction of sp³-hybridized carbons (Fsp3) is 0.455. The fourth-order valence-corrected chi connectivity index (χ4v) is 1.46. The Balaban J connectivity index is 3.01. The monoisotopic (exact) mass is 194 g/mol. The normalized spacial score (nSPS) is 10.6. The Kier molecular flexibility index (Phi) is 3.92. The molecule has 3 nitrogen and oxygen atoms in total. The van der Waals surface area contributed by atoms with Gasteiger partial charge in [-0.3, -0.25) is 11.3 Å². The first-order valence-electron chi connectivity index (χ1n) is 4.79. The van der Waals surface area contributed by atoms with Gasteiger partial charge in [0.2, 0.25) is 0 Å². The molecule has 78 valence electrons. The van der Waals surface area contributed by atoms with Crippen molar-refractivity contribution < 1.29 is 4.74 Å². The number of hydrazine groups is 1. The summed E-state index contributed by atoms with van der Waals surface area (Å²) in [7, 11) is 1.70. The third kappa shape index (κ3) is 2.47. The van der Waals surface area contributed by atoms with Crippen LogP contribution in [0.1, 0.15) is 30.9 Å². The van der Waals surface area contributed by atoms with Gasteiger partial charge in [0.25, 0.3) is 0 Å². The summed E-state index contributed by atoms with van der Waals surface area (Å²) in [6.45, 7) is 4.98. The maximum absolute atomic E-state index is 5.29. The summed E-state index contributed by atoms with van der Waals surface area (Å²) < 4.78 is 5.29. The minimum atomic E-state index is 0.461. The van der Waals surface area contributed by atoms with Gasteiger partial charge in [-0.1, -0.05) is 26.0 Å². The van der Waals surface area contributed by atoms with Crippen molar-refractivity contribution in [1.82, 2.24) is 5.43 Å². The second-order valence-electron chi connectivity index (χ2n) is 3.61. The van der Waals surface area contributed by atoms with E-state index in [-0.39, 0.29) is 0 Å². The van der Waals surface area contributed by atoms with E-state index in [9.17, 15) is 0 Å². The number of nitrogens with two attached hydrogens (primary N) is 1. The Morgan fingerprint density at radius 1 is 1.43 bits per heavy atom. The Labute approximate surface area is 85.2 Å². The predicted octanol–water partition coefficient (Wildman–Crippen LogP) is 1.78. The van der Waals surface area contributed by atoms with E-state index in [1.165, 1.54) is 11.1 Å². The summed E-state index contributed by atoms with van der Waals surface area (Å²) in [6.07, 6.45) is 0. The van der Waals surface area contributed by atoms with Crippen LogP contribution >= 0.6 is 0 Å². The first kappa shape index (κ1) is 11.0. The lowest BCUT2D eigenvalue weighted by atomic mass is 9.99. The summed E-state index contributed by atoms with van der Waals surface area (Å²) in [5, 5.41) is 0. The van der Waals surface area contributed by atoms with Gasteiger partial charge in [-0.05, 0) is 23.1 Å². The largest absolute Gasteiger partial charge is 0.496 e. The highest BCUT2D eigenvalue weighted by Crippen LogP contribution is 2.27. The van der Waals surface area contributed by atoms with Crippen molar-refractivity contribution in [3.05, 3.63) is 29.3 Å². The SMILES string of the molecule is COc1ccc(CNN)cc1C(C)C. The van der Waals surface area contributed by atoms with Crippen molar-refractivity contribution >= 4 is 0 Å². The summed E-state index contributed by atoms with van der Waals surface area (Å²) in [5.41, 5.74) is 5.05. The first-order valence-corrected chi connectivity index (χ1v) is 4.79. The maximum atomic E-state index is 5.29. The second kappa shape index (κ2) is 4.98. The highest BCUT2D eigenvalue weighted by molar-refractivity contribution is 5.39. The van der Waals surface area contributed by atoms with E-state index in [0.717, 1.165) is 5.75 Å². The topological polar surface area (TPSA) is 47.3 Å². The molecule has 0 aliphatic heterocycles. The lowest BCUT2D eigenvalue weighted by Crippen LogP contribution is -2.20. The molecule has 0 atom stereocenters. The summed E-state index contributed by atoms with van der Waals surface area (Å²) in [5.74, 6) is 6.68. The van der Waals surface area contributed by atoms with Crippen LogP contribution in [0.3, 0.4) is 0 Å².